The van der Waals surface area contributed by atoms with Gasteiger partial charge in [-0.05, 0) is 38.0 Å². The Morgan fingerprint density at radius 1 is 1.38 bits per heavy atom. The second kappa shape index (κ2) is 5.78. The number of nitrogens with zero attached hydrogens (tertiary/aromatic N) is 1. The second-order valence-electron chi connectivity index (χ2n) is 4.91. The SMILES string of the molecule is CCc1cnc(CNC2CCC(C)CC2)s1. The van der Waals surface area contributed by atoms with Crippen molar-refractivity contribution in [1.82, 2.24) is 10.3 Å². The number of rotatable bonds is 4. The van der Waals surface area contributed by atoms with Crippen molar-refractivity contribution in [3.05, 3.63) is 16.1 Å². The van der Waals surface area contributed by atoms with Gasteiger partial charge in [-0.2, -0.15) is 0 Å². The third-order valence-electron chi connectivity index (χ3n) is 3.51. The Balaban J connectivity index is 1.74. The lowest BCUT2D eigenvalue weighted by Crippen LogP contribution is -2.32. The number of nitrogens with one attached hydrogen (secondary N) is 1. The minimum atomic E-state index is 0.727. The summed E-state index contributed by atoms with van der Waals surface area (Å²) >= 11 is 1.85. The van der Waals surface area contributed by atoms with Crippen LogP contribution >= 0.6 is 11.3 Å². The van der Waals surface area contributed by atoms with Crippen LogP contribution < -0.4 is 5.32 Å². The first-order chi connectivity index (χ1) is 7.78. The van der Waals surface area contributed by atoms with Crippen LogP contribution in [-0.2, 0) is 13.0 Å². The molecule has 1 saturated carbocycles. The Bertz CT molecular complexity index is 313. The van der Waals surface area contributed by atoms with Crippen molar-refractivity contribution in [1.29, 1.82) is 0 Å². The van der Waals surface area contributed by atoms with E-state index in [9.17, 15) is 0 Å². The van der Waals surface area contributed by atoms with E-state index in [1.807, 2.05) is 17.5 Å². The zero-order chi connectivity index (χ0) is 11.4. The average Bonchev–Trinajstić information content (AvgIpc) is 2.76. The molecule has 3 heteroatoms. The fourth-order valence-corrected chi connectivity index (χ4v) is 3.10. The summed E-state index contributed by atoms with van der Waals surface area (Å²) in [5, 5.41) is 4.89. The average molecular weight is 238 g/mol. The van der Waals surface area contributed by atoms with E-state index in [-0.39, 0.29) is 0 Å². The van der Waals surface area contributed by atoms with Gasteiger partial charge in [0.25, 0.3) is 0 Å². The lowest BCUT2D eigenvalue weighted by Gasteiger charge is -2.26. The highest BCUT2D eigenvalue weighted by Gasteiger charge is 2.17. The minimum absolute atomic E-state index is 0.727. The summed E-state index contributed by atoms with van der Waals surface area (Å²) in [6.07, 6.45) is 8.58. The normalized spacial score (nSPS) is 25.9. The first-order valence-electron chi connectivity index (χ1n) is 6.45. The van der Waals surface area contributed by atoms with Gasteiger partial charge in [-0.3, -0.25) is 0 Å². The molecule has 1 aromatic heterocycles. The Morgan fingerprint density at radius 3 is 2.75 bits per heavy atom. The van der Waals surface area contributed by atoms with Crippen molar-refractivity contribution in [2.75, 3.05) is 0 Å². The molecule has 0 aromatic carbocycles. The van der Waals surface area contributed by atoms with E-state index in [1.54, 1.807) is 0 Å². The van der Waals surface area contributed by atoms with Crippen LogP contribution in [0.2, 0.25) is 0 Å². The van der Waals surface area contributed by atoms with Gasteiger partial charge in [0.05, 0.1) is 0 Å². The molecular weight excluding hydrogens is 216 g/mol. The Labute approximate surface area is 102 Å². The molecule has 0 atom stereocenters. The molecule has 0 aliphatic heterocycles. The Morgan fingerprint density at radius 2 is 2.12 bits per heavy atom. The van der Waals surface area contributed by atoms with Crippen molar-refractivity contribution in [3.63, 3.8) is 0 Å². The summed E-state index contributed by atoms with van der Waals surface area (Å²) in [6.45, 7) is 5.52. The zero-order valence-corrected chi connectivity index (χ0v) is 11.1. The smallest absolute Gasteiger partial charge is 0.107 e. The maximum absolute atomic E-state index is 4.44. The molecule has 0 unspecified atom stereocenters. The van der Waals surface area contributed by atoms with Gasteiger partial charge >= 0.3 is 0 Å². The van der Waals surface area contributed by atoms with Crippen molar-refractivity contribution >= 4 is 11.3 Å². The van der Waals surface area contributed by atoms with Crippen LogP contribution in [0.1, 0.15) is 49.4 Å². The quantitative estimate of drug-likeness (QED) is 0.870. The second-order valence-corrected chi connectivity index (χ2v) is 6.11. The van der Waals surface area contributed by atoms with Gasteiger partial charge in [-0.25, -0.2) is 4.98 Å². The van der Waals surface area contributed by atoms with Crippen molar-refractivity contribution < 1.29 is 0 Å². The lowest BCUT2D eigenvalue weighted by atomic mass is 9.87. The number of thiazole rings is 1. The molecule has 2 rings (SSSR count). The number of hydrogen-bond donors (Lipinski definition) is 1. The van der Waals surface area contributed by atoms with E-state index in [2.05, 4.69) is 24.1 Å². The molecule has 0 spiro atoms. The van der Waals surface area contributed by atoms with Gasteiger partial charge in [0, 0.05) is 23.7 Å². The summed E-state index contributed by atoms with van der Waals surface area (Å²) in [5.41, 5.74) is 0. The standard InChI is InChI=1S/C13H22N2S/c1-3-12-8-15-13(16-12)9-14-11-6-4-10(2)5-7-11/h8,10-11,14H,3-7,9H2,1-2H3. The van der Waals surface area contributed by atoms with Crippen LogP contribution in [0.5, 0.6) is 0 Å². The van der Waals surface area contributed by atoms with E-state index in [0.717, 1.165) is 24.9 Å². The Hall–Kier alpha value is -0.410. The molecule has 1 aliphatic carbocycles. The monoisotopic (exact) mass is 238 g/mol. The van der Waals surface area contributed by atoms with E-state index in [4.69, 9.17) is 0 Å². The molecule has 1 aliphatic rings. The molecule has 90 valence electrons. The van der Waals surface area contributed by atoms with E-state index >= 15 is 0 Å². The van der Waals surface area contributed by atoms with Gasteiger partial charge in [-0.15, -0.1) is 11.3 Å². The predicted molar refractivity (Wildman–Crippen MR) is 69.8 cm³/mol. The molecule has 2 nitrogen and oxygen atoms in total. The lowest BCUT2D eigenvalue weighted by molar-refractivity contribution is 0.306. The molecule has 1 fully saturated rings. The first-order valence-corrected chi connectivity index (χ1v) is 7.26. The van der Waals surface area contributed by atoms with Crippen LogP contribution in [0, 0.1) is 5.92 Å². The summed E-state index contributed by atoms with van der Waals surface area (Å²) < 4.78 is 0. The maximum Gasteiger partial charge on any atom is 0.107 e. The highest BCUT2D eigenvalue weighted by Crippen LogP contribution is 2.24. The van der Waals surface area contributed by atoms with Crippen LogP contribution in [0.15, 0.2) is 6.20 Å². The predicted octanol–water partition coefficient (Wildman–Crippen LogP) is 3.37. The summed E-state index contributed by atoms with van der Waals surface area (Å²) in [6, 6.07) is 0.727. The van der Waals surface area contributed by atoms with E-state index < -0.39 is 0 Å². The largest absolute Gasteiger partial charge is 0.308 e. The Kier molecular flexibility index (Phi) is 4.36. The van der Waals surface area contributed by atoms with Crippen molar-refractivity contribution in [2.45, 2.75) is 58.5 Å². The topological polar surface area (TPSA) is 24.9 Å². The van der Waals surface area contributed by atoms with Crippen molar-refractivity contribution in [2.24, 2.45) is 5.92 Å². The minimum Gasteiger partial charge on any atom is -0.308 e. The third-order valence-corrected chi connectivity index (χ3v) is 4.65. The summed E-state index contributed by atoms with van der Waals surface area (Å²) in [4.78, 5) is 5.84. The molecule has 0 saturated heterocycles. The van der Waals surface area contributed by atoms with Crippen molar-refractivity contribution in [3.8, 4) is 0 Å². The van der Waals surface area contributed by atoms with Crippen LogP contribution in [0.3, 0.4) is 0 Å². The van der Waals surface area contributed by atoms with Gasteiger partial charge in [0.15, 0.2) is 0 Å². The number of aryl methyl sites for hydroxylation is 1. The fourth-order valence-electron chi connectivity index (χ4n) is 2.29. The molecule has 1 N–H and O–H groups in total. The molecule has 0 radical (unpaired) electrons. The number of aromatic nitrogens is 1. The highest BCUT2D eigenvalue weighted by atomic mass is 32.1. The maximum atomic E-state index is 4.44. The van der Waals surface area contributed by atoms with Gasteiger partial charge in [-0.1, -0.05) is 13.8 Å². The van der Waals surface area contributed by atoms with Crippen LogP contribution in [0.4, 0.5) is 0 Å². The van der Waals surface area contributed by atoms with Crippen LogP contribution in [-0.4, -0.2) is 11.0 Å². The zero-order valence-electron chi connectivity index (χ0n) is 10.3. The fraction of sp³-hybridized carbons (Fsp3) is 0.769. The third kappa shape index (κ3) is 3.29. The highest BCUT2D eigenvalue weighted by molar-refractivity contribution is 7.11. The molecule has 0 amide bonds. The molecular formula is C13H22N2S. The van der Waals surface area contributed by atoms with Gasteiger partial charge in [0.1, 0.15) is 5.01 Å². The van der Waals surface area contributed by atoms with Gasteiger partial charge in [0.2, 0.25) is 0 Å². The van der Waals surface area contributed by atoms with Crippen LogP contribution in [0.25, 0.3) is 0 Å². The molecule has 1 aromatic rings. The number of hydrogen-bond acceptors (Lipinski definition) is 3. The molecule has 0 bridgehead atoms. The van der Waals surface area contributed by atoms with Gasteiger partial charge < -0.3 is 5.32 Å². The summed E-state index contributed by atoms with van der Waals surface area (Å²) in [7, 11) is 0. The summed E-state index contributed by atoms with van der Waals surface area (Å²) in [5.74, 6) is 0.935. The van der Waals surface area contributed by atoms with E-state index in [0.29, 0.717) is 0 Å². The van der Waals surface area contributed by atoms with E-state index in [1.165, 1.54) is 35.6 Å². The molecule has 1 heterocycles. The molecule has 16 heavy (non-hydrogen) atoms. The first kappa shape index (κ1) is 12.1.